The molecule has 0 amide bonds. The van der Waals surface area contributed by atoms with Crippen molar-refractivity contribution in [2.24, 2.45) is 0 Å². The van der Waals surface area contributed by atoms with Crippen LogP contribution < -0.4 is 0 Å². The summed E-state index contributed by atoms with van der Waals surface area (Å²) in [5.74, 6) is 0. The van der Waals surface area contributed by atoms with Crippen LogP contribution in [-0.2, 0) is 0 Å². The second-order valence-corrected chi connectivity index (χ2v) is 15.6. The summed E-state index contributed by atoms with van der Waals surface area (Å²) in [7, 11) is 0. The van der Waals surface area contributed by atoms with Crippen LogP contribution in [0.4, 0.5) is 0 Å². The van der Waals surface area contributed by atoms with Crippen molar-refractivity contribution in [2.45, 2.75) is 0 Å². The SMILES string of the molecule is N#Cc1ccc2c(c1)c1ccccc1n2-c1ccc2[se]c3ccc(-n4c5ccccc5c5c6sc7cccnc7c6ccc54)cc3c2c1. The first-order valence-electron chi connectivity index (χ1n) is 15.8. The molecular formula is C42H22N4SSe. The van der Waals surface area contributed by atoms with Crippen LogP contribution in [0.3, 0.4) is 0 Å². The van der Waals surface area contributed by atoms with Crippen LogP contribution in [0.25, 0.3) is 94.6 Å². The molecule has 0 spiro atoms. The van der Waals surface area contributed by atoms with Crippen LogP contribution in [0.5, 0.6) is 0 Å². The van der Waals surface area contributed by atoms with Crippen molar-refractivity contribution < 1.29 is 0 Å². The number of thiophene rings is 1. The van der Waals surface area contributed by atoms with E-state index in [4.69, 9.17) is 4.98 Å². The van der Waals surface area contributed by atoms with Crippen molar-refractivity contribution in [3.8, 4) is 17.4 Å². The molecule has 11 rings (SSSR count). The van der Waals surface area contributed by atoms with Crippen molar-refractivity contribution in [1.82, 2.24) is 14.1 Å². The summed E-state index contributed by atoms with van der Waals surface area (Å²) in [5, 5.41) is 18.3. The second kappa shape index (κ2) is 9.67. The summed E-state index contributed by atoms with van der Waals surface area (Å²) in [5.41, 5.74) is 8.76. The molecule has 6 heteroatoms. The number of rotatable bonds is 2. The average Bonchev–Trinajstić information content (AvgIpc) is 3.88. The molecule has 0 aliphatic heterocycles. The van der Waals surface area contributed by atoms with E-state index in [1.165, 1.54) is 61.6 Å². The fourth-order valence-corrected chi connectivity index (χ4v) is 11.2. The summed E-state index contributed by atoms with van der Waals surface area (Å²) in [4.78, 5) is 4.74. The molecule has 0 unspecified atom stereocenters. The molecule has 0 aliphatic carbocycles. The molecule has 5 heterocycles. The zero-order valence-electron chi connectivity index (χ0n) is 25.3. The van der Waals surface area contributed by atoms with Crippen molar-refractivity contribution in [3.05, 3.63) is 139 Å². The zero-order chi connectivity index (χ0) is 31.5. The standard InChI is InChI=1S/C42H22N4SSe/c43-23-24-11-15-35-30(20-24)27-6-1-3-8-33(27)45(35)25-12-17-38-31(21-25)32-22-26(13-18-39(32)48-38)46-34-9-4-2-7-28(34)40-36(46)16-14-29-41-37(47-42(29)40)10-5-19-44-41/h1-22H. The number of hydrogen-bond acceptors (Lipinski definition) is 3. The first-order chi connectivity index (χ1) is 23.7. The molecule has 0 bridgehead atoms. The Hall–Kier alpha value is -5.70. The van der Waals surface area contributed by atoms with E-state index < -0.39 is 0 Å². The first kappa shape index (κ1) is 26.4. The van der Waals surface area contributed by atoms with E-state index >= 15 is 0 Å². The molecule has 4 nitrogen and oxygen atoms in total. The van der Waals surface area contributed by atoms with Gasteiger partial charge < -0.3 is 0 Å². The monoisotopic (exact) mass is 694 g/mol. The van der Waals surface area contributed by atoms with Crippen molar-refractivity contribution >= 4 is 109 Å². The van der Waals surface area contributed by atoms with Gasteiger partial charge in [-0.25, -0.2) is 0 Å². The maximum atomic E-state index is 9.62. The van der Waals surface area contributed by atoms with Crippen molar-refractivity contribution in [2.75, 3.05) is 0 Å². The molecule has 0 radical (unpaired) electrons. The number of para-hydroxylation sites is 2. The fraction of sp³-hybridized carbons (Fsp3) is 0. The van der Waals surface area contributed by atoms with Gasteiger partial charge in [0.15, 0.2) is 0 Å². The Balaban J connectivity index is 1.17. The normalized spacial score (nSPS) is 12.1. The van der Waals surface area contributed by atoms with E-state index in [2.05, 4.69) is 124 Å². The molecule has 48 heavy (non-hydrogen) atoms. The maximum absolute atomic E-state index is 9.62. The van der Waals surface area contributed by atoms with Crippen LogP contribution in [0.15, 0.2) is 134 Å². The number of fused-ring (bicyclic) bond motifs is 13. The van der Waals surface area contributed by atoms with Gasteiger partial charge in [0, 0.05) is 0 Å². The molecule has 0 saturated heterocycles. The van der Waals surface area contributed by atoms with Gasteiger partial charge in [0.05, 0.1) is 0 Å². The topological polar surface area (TPSA) is 46.5 Å². The quantitative estimate of drug-likeness (QED) is 0.169. The van der Waals surface area contributed by atoms with Gasteiger partial charge in [-0.3, -0.25) is 0 Å². The van der Waals surface area contributed by atoms with Gasteiger partial charge in [-0.05, 0) is 0 Å². The summed E-state index contributed by atoms with van der Waals surface area (Å²) < 4.78 is 10.1. The van der Waals surface area contributed by atoms with Crippen molar-refractivity contribution in [1.29, 1.82) is 5.26 Å². The van der Waals surface area contributed by atoms with Gasteiger partial charge in [0.25, 0.3) is 0 Å². The summed E-state index contributed by atoms with van der Waals surface area (Å²) >= 11 is 2.07. The zero-order valence-corrected chi connectivity index (χ0v) is 27.8. The summed E-state index contributed by atoms with van der Waals surface area (Å²) in [6.45, 7) is 0. The number of benzene rings is 6. The number of nitrogens with zero attached hydrogens (tertiary/aromatic N) is 4. The molecule has 0 saturated carbocycles. The van der Waals surface area contributed by atoms with Gasteiger partial charge in [-0.2, -0.15) is 0 Å². The number of pyridine rings is 1. The molecule has 222 valence electrons. The van der Waals surface area contributed by atoms with Crippen LogP contribution in [-0.4, -0.2) is 28.6 Å². The first-order valence-corrected chi connectivity index (χ1v) is 18.4. The van der Waals surface area contributed by atoms with Gasteiger partial charge in [-0.1, -0.05) is 0 Å². The molecule has 6 aromatic carbocycles. The number of hydrogen-bond donors (Lipinski definition) is 0. The Morgan fingerprint density at radius 2 is 1.23 bits per heavy atom. The molecule has 0 atom stereocenters. The van der Waals surface area contributed by atoms with Gasteiger partial charge in [0.1, 0.15) is 0 Å². The third-order valence-corrected chi connectivity index (χ3v) is 13.4. The van der Waals surface area contributed by atoms with E-state index in [9.17, 15) is 5.26 Å². The van der Waals surface area contributed by atoms with E-state index in [0.29, 0.717) is 5.56 Å². The Labute approximate surface area is 283 Å². The van der Waals surface area contributed by atoms with Crippen LogP contribution in [0, 0.1) is 11.3 Å². The number of aromatic nitrogens is 3. The van der Waals surface area contributed by atoms with Crippen LogP contribution in [0.2, 0.25) is 0 Å². The Morgan fingerprint density at radius 1 is 0.562 bits per heavy atom. The Morgan fingerprint density at radius 3 is 2.00 bits per heavy atom. The molecule has 5 aromatic heterocycles. The predicted molar refractivity (Wildman–Crippen MR) is 202 cm³/mol. The molecule has 0 aliphatic rings. The molecule has 11 aromatic rings. The summed E-state index contributed by atoms with van der Waals surface area (Å²) in [6, 6.07) is 48.4. The van der Waals surface area contributed by atoms with Crippen LogP contribution in [0.1, 0.15) is 5.56 Å². The minimum atomic E-state index is 0.237. The Bertz CT molecular complexity index is 3200. The minimum absolute atomic E-state index is 0.237. The van der Waals surface area contributed by atoms with Gasteiger partial charge in [-0.15, -0.1) is 0 Å². The predicted octanol–water partition coefficient (Wildman–Crippen LogP) is 10.9. The number of nitriles is 1. The Kier molecular flexibility index (Phi) is 5.31. The third kappa shape index (κ3) is 3.50. The van der Waals surface area contributed by atoms with Crippen LogP contribution >= 0.6 is 11.3 Å². The molecule has 0 fully saturated rings. The average molecular weight is 694 g/mol. The fourth-order valence-electron chi connectivity index (χ4n) is 7.74. The molecule has 0 N–H and O–H groups in total. The summed E-state index contributed by atoms with van der Waals surface area (Å²) in [6.07, 6.45) is 1.89. The van der Waals surface area contributed by atoms with E-state index in [0.717, 1.165) is 33.0 Å². The van der Waals surface area contributed by atoms with Gasteiger partial charge in [0.2, 0.25) is 0 Å². The third-order valence-electron chi connectivity index (χ3n) is 9.78. The second-order valence-electron chi connectivity index (χ2n) is 12.3. The van der Waals surface area contributed by atoms with Crippen molar-refractivity contribution in [3.63, 3.8) is 0 Å². The molecular weight excluding hydrogens is 672 g/mol. The van der Waals surface area contributed by atoms with E-state index in [1.54, 1.807) is 0 Å². The van der Waals surface area contributed by atoms with Gasteiger partial charge >= 0.3 is 285 Å². The van der Waals surface area contributed by atoms with E-state index in [-0.39, 0.29) is 14.5 Å². The van der Waals surface area contributed by atoms with E-state index in [1.807, 2.05) is 35.7 Å².